The van der Waals surface area contributed by atoms with E-state index in [2.05, 4.69) is 22.1 Å². The maximum absolute atomic E-state index is 11.7. The minimum atomic E-state index is 0.0355. The molecule has 0 aromatic carbocycles. The van der Waals surface area contributed by atoms with Gasteiger partial charge >= 0.3 is 0 Å². The lowest BCUT2D eigenvalue weighted by Gasteiger charge is -2.01. The van der Waals surface area contributed by atoms with E-state index in [0.29, 0.717) is 6.54 Å². The molecular formula is C12H13NOS2. The minimum Gasteiger partial charge on any atom is -0.351 e. The zero-order valence-electron chi connectivity index (χ0n) is 9.03. The Kier molecular flexibility index (Phi) is 3.74. The first-order chi connectivity index (χ1) is 7.75. The molecule has 0 bridgehead atoms. The summed E-state index contributed by atoms with van der Waals surface area (Å²) in [4.78, 5) is 13.7. The third-order valence-corrected chi connectivity index (χ3v) is 3.97. The average molecular weight is 251 g/mol. The Morgan fingerprint density at radius 1 is 1.38 bits per heavy atom. The molecule has 0 aliphatic rings. The zero-order valence-corrected chi connectivity index (χ0v) is 10.7. The summed E-state index contributed by atoms with van der Waals surface area (Å²) in [5.41, 5.74) is 1.28. The molecule has 0 radical (unpaired) electrons. The van der Waals surface area contributed by atoms with Gasteiger partial charge < -0.3 is 5.32 Å². The molecule has 0 aliphatic heterocycles. The van der Waals surface area contributed by atoms with E-state index in [4.69, 9.17) is 0 Å². The minimum absolute atomic E-state index is 0.0355. The van der Waals surface area contributed by atoms with E-state index in [1.807, 2.05) is 19.1 Å². The van der Waals surface area contributed by atoms with Crippen LogP contribution in [0.4, 0.5) is 0 Å². The van der Waals surface area contributed by atoms with Gasteiger partial charge in [0.05, 0.1) is 4.88 Å². The molecule has 0 aliphatic carbocycles. The second kappa shape index (κ2) is 5.27. The summed E-state index contributed by atoms with van der Waals surface area (Å²) >= 11 is 3.22. The van der Waals surface area contributed by atoms with Gasteiger partial charge in [0.1, 0.15) is 0 Å². The second-order valence-electron chi connectivity index (χ2n) is 3.55. The van der Waals surface area contributed by atoms with Gasteiger partial charge in [-0.2, -0.15) is 11.3 Å². The Morgan fingerprint density at radius 2 is 2.25 bits per heavy atom. The van der Waals surface area contributed by atoms with Gasteiger partial charge in [0, 0.05) is 11.4 Å². The van der Waals surface area contributed by atoms with E-state index in [0.717, 1.165) is 11.3 Å². The number of aryl methyl sites for hydroxylation is 1. The lowest BCUT2D eigenvalue weighted by Crippen LogP contribution is -2.24. The van der Waals surface area contributed by atoms with Crippen LogP contribution < -0.4 is 5.32 Å². The molecule has 0 unspecified atom stereocenters. The van der Waals surface area contributed by atoms with Crippen molar-refractivity contribution < 1.29 is 4.79 Å². The van der Waals surface area contributed by atoms with Crippen molar-refractivity contribution in [3.8, 4) is 0 Å². The van der Waals surface area contributed by atoms with Crippen molar-refractivity contribution in [3.63, 3.8) is 0 Å². The molecule has 0 atom stereocenters. The Bertz CT molecular complexity index is 459. The predicted molar refractivity (Wildman–Crippen MR) is 69.4 cm³/mol. The third-order valence-electron chi connectivity index (χ3n) is 2.24. The van der Waals surface area contributed by atoms with E-state index < -0.39 is 0 Å². The van der Waals surface area contributed by atoms with Crippen LogP contribution >= 0.6 is 22.7 Å². The summed E-state index contributed by atoms with van der Waals surface area (Å²) < 4.78 is 0. The summed E-state index contributed by atoms with van der Waals surface area (Å²) in [7, 11) is 0. The van der Waals surface area contributed by atoms with Crippen molar-refractivity contribution >= 4 is 28.6 Å². The summed E-state index contributed by atoms with van der Waals surface area (Å²) in [6.07, 6.45) is 0.902. The van der Waals surface area contributed by atoms with Crippen molar-refractivity contribution in [2.75, 3.05) is 6.54 Å². The molecule has 16 heavy (non-hydrogen) atoms. The van der Waals surface area contributed by atoms with E-state index in [1.54, 1.807) is 11.3 Å². The van der Waals surface area contributed by atoms with Gasteiger partial charge in [-0.15, -0.1) is 11.3 Å². The van der Waals surface area contributed by atoms with E-state index in [-0.39, 0.29) is 5.91 Å². The Morgan fingerprint density at radius 3 is 2.88 bits per heavy atom. The molecule has 1 N–H and O–H groups in total. The fraction of sp³-hybridized carbons (Fsp3) is 0.250. The number of hydrogen-bond acceptors (Lipinski definition) is 3. The van der Waals surface area contributed by atoms with Crippen LogP contribution in [0.5, 0.6) is 0 Å². The number of thiophene rings is 2. The monoisotopic (exact) mass is 251 g/mol. The van der Waals surface area contributed by atoms with Crippen LogP contribution in [-0.2, 0) is 6.42 Å². The Hall–Kier alpha value is -1.13. The molecule has 0 fully saturated rings. The summed E-state index contributed by atoms with van der Waals surface area (Å²) in [6.45, 7) is 2.71. The van der Waals surface area contributed by atoms with Crippen molar-refractivity contribution in [1.29, 1.82) is 0 Å². The fourth-order valence-corrected chi connectivity index (χ4v) is 2.89. The molecule has 84 valence electrons. The number of nitrogens with one attached hydrogen (secondary N) is 1. The molecule has 2 aromatic rings. The lowest BCUT2D eigenvalue weighted by atomic mass is 10.2. The van der Waals surface area contributed by atoms with Gasteiger partial charge in [-0.25, -0.2) is 0 Å². The highest BCUT2D eigenvalue weighted by Crippen LogP contribution is 2.14. The molecule has 0 saturated heterocycles. The topological polar surface area (TPSA) is 29.1 Å². The SMILES string of the molecule is Cc1ccc(C(=O)NCCc2ccsc2)s1. The van der Waals surface area contributed by atoms with Gasteiger partial charge in [0.25, 0.3) is 5.91 Å². The van der Waals surface area contributed by atoms with Gasteiger partial charge in [-0.1, -0.05) is 0 Å². The van der Waals surface area contributed by atoms with Crippen LogP contribution in [-0.4, -0.2) is 12.5 Å². The summed E-state index contributed by atoms with van der Waals surface area (Å²) in [5, 5.41) is 7.09. The first-order valence-electron chi connectivity index (χ1n) is 5.11. The van der Waals surface area contributed by atoms with Crippen LogP contribution in [0, 0.1) is 6.92 Å². The van der Waals surface area contributed by atoms with E-state index in [1.165, 1.54) is 21.8 Å². The number of carbonyl (C=O) groups excluding carboxylic acids is 1. The molecule has 2 nitrogen and oxygen atoms in total. The predicted octanol–water partition coefficient (Wildman–Crippen LogP) is 3.09. The maximum Gasteiger partial charge on any atom is 0.261 e. The second-order valence-corrected chi connectivity index (χ2v) is 5.62. The zero-order chi connectivity index (χ0) is 11.4. The van der Waals surface area contributed by atoms with Gasteiger partial charge in [0.2, 0.25) is 0 Å². The van der Waals surface area contributed by atoms with Gasteiger partial charge in [-0.3, -0.25) is 4.79 Å². The molecule has 0 spiro atoms. The summed E-state index contributed by atoms with van der Waals surface area (Å²) in [6, 6.07) is 5.94. The van der Waals surface area contributed by atoms with Crippen molar-refractivity contribution in [2.45, 2.75) is 13.3 Å². The first-order valence-corrected chi connectivity index (χ1v) is 6.87. The standard InChI is InChI=1S/C12H13NOS2/c1-9-2-3-11(16-9)12(14)13-6-4-10-5-7-15-8-10/h2-3,5,7-8H,4,6H2,1H3,(H,13,14). The van der Waals surface area contributed by atoms with Crippen molar-refractivity contribution in [2.24, 2.45) is 0 Å². The van der Waals surface area contributed by atoms with Crippen LogP contribution in [0.25, 0.3) is 0 Å². The van der Waals surface area contributed by atoms with Gasteiger partial charge in [0.15, 0.2) is 0 Å². The van der Waals surface area contributed by atoms with Crippen molar-refractivity contribution in [1.82, 2.24) is 5.32 Å². The first kappa shape index (κ1) is 11.4. The van der Waals surface area contributed by atoms with Crippen LogP contribution in [0.2, 0.25) is 0 Å². The Balaban J connectivity index is 1.80. The largest absolute Gasteiger partial charge is 0.351 e. The van der Waals surface area contributed by atoms with Crippen LogP contribution in [0.3, 0.4) is 0 Å². The van der Waals surface area contributed by atoms with Gasteiger partial charge in [-0.05, 0) is 47.9 Å². The van der Waals surface area contributed by atoms with E-state index >= 15 is 0 Å². The van der Waals surface area contributed by atoms with Crippen LogP contribution in [0.15, 0.2) is 29.0 Å². The highest BCUT2D eigenvalue weighted by molar-refractivity contribution is 7.13. The average Bonchev–Trinajstić information content (AvgIpc) is 2.89. The number of hydrogen-bond donors (Lipinski definition) is 1. The fourth-order valence-electron chi connectivity index (χ4n) is 1.40. The molecule has 0 saturated carbocycles. The molecule has 2 rings (SSSR count). The molecular weight excluding hydrogens is 238 g/mol. The lowest BCUT2D eigenvalue weighted by molar-refractivity contribution is 0.0958. The number of amides is 1. The normalized spacial score (nSPS) is 10.3. The smallest absolute Gasteiger partial charge is 0.261 e. The third kappa shape index (κ3) is 2.93. The number of rotatable bonds is 4. The molecule has 1 amide bonds. The maximum atomic E-state index is 11.7. The van der Waals surface area contributed by atoms with Crippen LogP contribution in [0.1, 0.15) is 20.1 Å². The molecule has 4 heteroatoms. The number of carbonyl (C=O) groups is 1. The quantitative estimate of drug-likeness (QED) is 0.889. The highest BCUT2D eigenvalue weighted by atomic mass is 32.1. The van der Waals surface area contributed by atoms with E-state index in [9.17, 15) is 4.79 Å². The Labute approximate surface area is 103 Å². The molecule has 2 heterocycles. The molecule has 2 aromatic heterocycles. The summed E-state index contributed by atoms with van der Waals surface area (Å²) in [5.74, 6) is 0.0355. The van der Waals surface area contributed by atoms with Crippen molar-refractivity contribution in [3.05, 3.63) is 44.3 Å². The highest BCUT2D eigenvalue weighted by Gasteiger charge is 2.06.